The molecule has 252 valence electrons. The molecule has 0 bridgehead atoms. The summed E-state index contributed by atoms with van der Waals surface area (Å²) in [6.45, 7) is 19.5. The van der Waals surface area contributed by atoms with Crippen LogP contribution in [0.5, 0.6) is 0 Å². The molecule has 5 fully saturated rings. The first-order valence-electron chi connectivity index (χ1n) is 17.1. The number of allylic oxidation sites excluding steroid dienone is 3. The highest BCUT2D eigenvalue weighted by Crippen LogP contribution is 2.76. The van der Waals surface area contributed by atoms with Crippen molar-refractivity contribution in [1.82, 2.24) is 0 Å². The molecular weight excluding hydrogens is 560 g/mol. The van der Waals surface area contributed by atoms with Gasteiger partial charge < -0.3 is 40.1 Å². The van der Waals surface area contributed by atoms with Crippen LogP contribution in [-0.4, -0.2) is 86.3 Å². The second-order valence-electron chi connectivity index (χ2n) is 16.8. The minimum absolute atomic E-state index is 0.0817. The van der Waals surface area contributed by atoms with E-state index in [1.807, 2.05) is 0 Å². The number of fused-ring (bicyclic) bond motifs is 5. The highest BCUT2D eigenvalue weighted by molar-refractivity contribution is 5.24. The van der Waals surface area contributed by atoms with Gasteiger partial charge in [-0.1, -0.05) is 58.4 Å². The minimum atomic E-state index is -1.52. The van der Waals surface area contributed by atoms with Gasteiger partial charge in [-0.2, -0.15) is 0 Å². The summed E-state index contributed by atoms with van der Waals surface area (Å²) in [5.41, 5.74) is 1.32. The van der Waals surface area contributed by atoms with Crippen molar-refractivity contribution in [2.45, 2.75) is 149 Å². The van der Waals surface area contributed by atoms with E-state index in [4.69, 9.17) is 9.47 Å². The predicted octanol–water partition coefficient (Wildman–Crippen LogP) is 4.10. The number of aliphatic hydroxyl groups excluding tert-OH is 6. The summed E-state index contributed by atoms with van der Waals surface area (Å²) in [6, 6.07) is 0. The summed E-state index contributed by atoms with van der Waals surface area (Å²) in [6.07, 6.45) is 0.758. The van der Waals surface area contributed by atoms with Gasteiger partial charge >= 0.3 is 0 Å². The molecule has 1 heterocycles. The third-order valence-corrected chi connectivity index (χ3v) is 13.9. The van der Waals surface area contributed by atoms with Gasteiger partial charge in [0.15, 0.2) is 6.29 Å². The molecule has 6 N–H and O–H groups in total. The Hall–Kier alpha value is -0.840. The molecule has 8 nitrogen and oxygen atoms in total. The van der Waals surface area contributed by atoms with E-state index >= 15 is 0 Å². The molecule has 4 aliphatic carbocycles. The molecule has 1 saturated heterocycles. The van der Waals surface area contributed by atoms with E-state index in [1.54, 1.807) is 0 Å². The molecular formula is C36H60O8. The van der Waals surface area contributed by atoms with Crippen LogP contribution >= 0.6 is 0 Å². The van der Waals surface area contributed by atoms with Gasteiger partial charge in [0, 0.05) is 0 Å². The van der Waals surface area contributed by atoms with Crippen LogP contribution in [0.15, 0.2) is 23.8 Å². The van der Waals surface area contributed by atoms with Crippen LogP contribution in [0.2, 0.25) is 0 Å². The molecule has 0 amide bonds. The summed E-state index contributed by atoms with van der Waals surface area (Å²) in [4.78, 5) is 0. The quantitative estimate of drug-likeness (QED) is 0.185. The lowest BCUT2D eigenvalue weighted by atomic mass is 9.34. The molecule has 8 heteroatoms. The van der Waals surface area contributed by atoms with Crippen LogP contribution in [-0.2, 0) is 9.47 Å². The fourth-order valence-corrected chi connectivity index (χ4v) is 11.6. The van der Waals surface area contributed by atoms with Gasteiger partial charge in [-0.3, -0.25) is 0 Å². The van der Waals surface area contributed by atoms with Crippen LogP contribution in [0, 0.1) is 45.3 Å². The normalized spacial score (nSPS) is 51.6. The number of hydrogen-bond acceptors (Lipinski definition) is 8. The van der Waals surface area contributed by atoms with Gasteiger partial charge in [0.2, 0.25) is 0 Å². The Bertz CT molecular complexity index is 1100. The van der Waals surface area contributed by atoms with Gasteiger partial charge in [-0.25, -0.2) is 0 Å². The Morgan fingerprint density at radius 3 is 2.25 bits per heavy atom. The fourth-order valence-electron chi connectivity index (χ4n) is 11.6. The Labute approximate surface area is 264 Å². The van der Waals surface area contributed by atoms with Crippen molar-refractivity contribution in [3.8, 4) is 0 Å². The number of aliphatic hydroxyl groups is 6. The number of rotatable bonds is 7. The Morgan fingerprint density at radius 1 is 0.932 bits per heavy atom. The van der Waals surface area contributed by atoms with E-state index in [2.05, 4.69) is 61.1 Å². The lowest BCUT2D eigenvalue weighted by molar-refractivity contribution is -0.346. The number of ether oxygens (including phenoxy) is 2. The smallest absolute Gasteiger partial charge is 0.186 e. The maximum absolute atomic E-state index is 12.0. The predicted molar refractivity (Wildman–Crippen MR) is 168 cm³/mol. The first kappa shape index (κ1) is 34.5. The zero-order valence-corrected chi connectivity index (χ0v) is 28.1. The van der Waals surface area contributed by atoms with Crippen molar-refractivity contribution >= 4 is 0 Å². The lowest BCUT2D eigenvalue weighted by Crippen LogP contribution is -2.70. The summed E-state index contributed by atoms with van der Waals surface area (Å²) >= 11 is 0. The van der Waals surface area contributed by atoms with Gasteiger partial charge in [0.05, 0.1) is 24.9 Å². The molecule has 1 unspecified atom stereocenters. The van der Waals surface area contributed by atoms with Gasteiger partial charge in [0.25, 0.3) is 0 Å². The van der Waals surface area contributed by atoms with Crippen molar-refractivity contribution < 1.29 is 40.1 Å². The lowest BCUT2D eigenvalue weighted by Gasteiger charge is -2.72. The molecule has 5 aliphatic rings. The molecule has 0 aromatic rings. The third-order valence-electron chi connectivity index (χ3n) is 13.9. The largest absolute Gasteiger partial charge is 0.394 e. The van der Waals surface area contributed by atoms with E-state index in [9.17, 15) is 30.6 Å². The second kappa shape index (κ2) is 12.0. The summed E-state index contributed by atoms with van der Waals surface area (Å²) < 4.78 is 12.6. The standard InChI is InChI=1S/C36H60O8/c1-19(2)10-9-11-20(3)21-12-15-35(7)27(21)22(38)16-25-34(6)14-13-26(39)33(4,5)31(34)23(17-36(25,35)8)43-32-30(42)29(41)28(40)24(18-37)44-32/h10,21-32,37-42H,3,9,11-18H2,1-2,4-8H3/t21-,22-,23+,24-,25-,26+,27+,28-,29+,30-,31+,32?,34-,35-,36-/m1/s1. The first-order valence-corrected chi connectivity index (χ1v) is 17.1. The maximum atomic E-state index is 12.0. The molecule has 0 aromatic carbocycles. The van der Waals surface area contributed by atoms with E-state index in [1.165, 1.54) is 11.1 Å². The van der Waals surface area contributed by atoms with Crippen molar-refractivity contribution in [3.63, 3.8) is 0 Å². The van der Waals surface area contributed by atoms with Crippen LogP contribution in [0.4, 0.5) is 0 Å². The molecule has 1 aliphatic heterocycles. The van der Waals surface area contributed by atoms with Crippen molar-refractivity contribution in [3.05, 3.63) is 23.8 Å². The minimum Gasteiger partial charge on any atom is -0.394 e. The average Bonchev–Trinajstić information content (AvgIpc) is 3.32. The average molecular weight is 621 g/mol. The highest BCUT2D eigenvalue weighted by atomic mass is 16.7. The van der Waals surface area contributed by atoms with E-state index in [0.717, 1.165) is 32.1 Å². The molecule has 44 heavy (non-hydrogen) atoms. The molecule has 0 spiro atoms. The van der Waals surface area contributed by atoms with E-state index in [0.29, 0.717) is 19.3 Å². The van der Waals surface area contributed by atoms with Crippen LogP contribution in [0.3, 0.4) is 0 Å². The molecule has 5 rings (SSSR count). The van der Waals surface area contributed by atoms with Crippen LogP contribution in [0.25, 0.3) is 0 Å². The van der Waals surface area contributed by atoms with Crippen LogP contribution in [0.1, 0.15) is 99.8 Å². The zero-order valence-electron chi connectivity index (χ0n) is 28.1. The number of hydrogen-bond donors (Lipinski definition) is 6. The Balaban J connectivity index is 1.53. The summed E-state index contributed by atoms with van der Waals surface area (Å²) in [5.74, 6) is 0.402. The van der Waals surface area contributed by atoms with Crippen molar-refractivity contribution in [2.24, 2.45) is 45.3 Å². The Morgan fingerprint density at radius 2 is 1.61 bits per heavy atom. The zero-order chi connectivity index (χ0) is 32.6. The monoisotopic (exact) mass is 620 g/mol. The summed E-state index contributed by atoms with van der Waals surface area (Å²) in [7, 11) is 0. The van der Waals surface area contributed by atoms with Gasteiger partial charge in [-0.15, -0.1) is 0 Å². The first-order chi connectivity index (χ1) is 20.4. The highest BCUT2D eigenvalue weighted by Gasteiger charge is 2.72. The fraction of sp³-hybridized carbons (Fsp3) is 0.889. The van der Waals surface area contributed by atoms with Crippen molar-refractivity contribution in [1.29, 1.82) is 0 Å². The maximum Gasteiger partial charge on any atom is 0.186 e. The third kappa shape index (κ3) is 5.18. The van der Waals surface area contributed by atoms with Crippen LogP contribution < -0.4 is 0 Å². The Kier molecular flexibility index (Phi) is 9.40. The van der Waals surface area contributed by atoms with Gasteiger partial charge in [0.1, 0.15) is 24.4 Å². The molecule has 0 radical (unpaired) electrons. The van der Waals surface area contributed by atoms with E-state index in [-0.39, 0.29) is 39.9 Å². The molecule has 15 atom stereocenters. The summed E-state index contributed by atoms with van der Waals surface area (Å²) in [5, 5.41) is 65.2. The second-order valence-corrected chi connectivity index (χ2v) is 16.8. The van der Waals surface area contributed by atoms with E-state index < -0.39 is 61.0 Å². The topological polar surface area (TPSA) is 140 Å². The SMILES string of the molecule is C=C(CCC=C(C)C)[C@H]1CC[C@]2(C)[C@@H]1[C@H](O)C[C@@H]1[C@@]3(C)CC[C@H](O)C(C)(C)[C@@H]3[C@@H](OC3O[C@H](CO)[C@@H](O)[C@H](O)[C@H]3O)C[C@]12C. The molecule has 4 saturated carbocycles. The van der Waals surface area contributed by atoms with Crippen molar-refractivity contribution in [2.75, 3.05) is 6.61 Å². The molecule has 0 aromatic heterocycles. The van der Waals surface area contributed by atoms with Gasteiger partial charge in [-0.05, 0) is 111 Å².